The van der Waals surface area contributed by atoms with Crippen LogP contribution in [0.3, 0.4) is 0 Å². The quantitative estimate of drug-likeness (QED) is 0.103. The Hall–Kier alpha value is -4.23. The monoisotopic (exact) mass is 628 g/mol. The molecule has 13 heteroatoms. The van der Waals surface area contributed by atoms with E-state index in [-0.39, 0.29) is 48.0 Å². The molecular weight excluding hydrogens is 593 g/mol. The summed E-state index contributed by atoms with van der Waals surface area (Å²) in [5.74, 6) is -4.24. The van der Waals surface area contributed by atoms with Gasteiger partial charge in [0.15, 0.2) is 17.3 Å². The molecule has 0 radical (unpaired) electrons. The average Bonchev–Trinajstić information content (AvgIpc) is 3.39. The Kier molecular flexibility index (Phi) is 10.1. The van der Waals surface area contributed by atoms with Crippen LogP contribution in [0.2, 0.25) is 25.7 Å². The summed E-state index contributed by atoms with van der Waals surface area (Å²) >= 11 is 0. The van der Waals surface area contributed by atoms with Gasteiger partial charge in [0.2, 0.25) is 0 Å². The zero-order valence-electron chi connectivity index (χ0n) is 25.5. The first-order chi connectivity index (χ1) is 20.8. The summed E-state index contributed by atoms with van der Waals surface area (Å²) in [6.07, 6.45) is 2.94. The molecule has 0 aliphatic heterocycles. The van der Waals surface area contributed by atoms with Crippen molar-refractivity contribution in [1.29, 1.82) is 0 Å². The predicted molar refractivity (Wildman–Crippen MR) is 162 cm³/mol. The third-order valence-electron chi connectivity index (χ3n) is 6.88. The van der Waals surface area contributed by atoms with E-state index in [1.54, 1.807) is 11.6 Å². The Bertz CT molecular complexity index is 1670. The molecule has 0 atom stereocenters. The molecule has 0 unspecified atom stereocenters. The number of carbonyl (C=O) groups is 2. The Labute approximate surface area is 254 Å². The van der Waals surface area contributed by atoms with Crippen LogP contribution in [0.25, 0.3) is 22.0 Å². The van der Waals surface area contributed by atoms with E-state index in [4.69, 9.17) is 14.2 Å². The number of aromatic nitrogens is 3. The Morgan fingerprint density at radius 1 is 1.05 bits per heavy atom. The molecule has 2 aromatic heterocycles. The Morgan fingerprint density at radius 2 is 1.75 bits per heavy atom. The normalized spacial score (nSPS) is 11.6. The second kappa shape index (κ2) is 13.6. The smallest absolute Gasteiger partial charge is 0.357 e. The summed E-state index contributed by atoms with van der Waals surface area (Å²) in [4.78, 5) is 31.5. The molecule has 0 spiro atoms. The van der Waals surface area contributed by atoms with Gasteiger partial charge in [-0.1, -0.05) is 19.6 Å². The van der Waals surface area contributed by atoms with Crippen LogP contribution in [0.15, 0.2) is 42.7 Å². The van der Waals surface area contributed by atoms with Crippen molar-refractivity contribution in [2.75, 3.05) is 27.4 Å². The summed E-state index contributed by atoms with van der Waals surface area (Å²) in [5, 5.41) is 4.81. The molecular formula is C31H35F3N4O5Si. The van der Waals surface area contributed by atoms with E-state index in [0.717, 1.165) is 18.2 Å². The highest BCUT2D eigenvalue weighted by atomic mass is 28.3. The lowest BCUT2D eigenvalue weighted by Gasteiger charge is -2.21. The van der Waals surface area contributed by atoms with Gasteiger partial charge < -0.3 is 19.1 Å². The van der Waals surface area contributed by atoms with Gasteiger partial charge in [0, 0.05) is 51.7 Å². The number of nitrogens with zero attached hydrogens (tertiary/aromatic N) is 4. The zero-order valence-corrected chi connectivity index (χ0v) is 26.5. The number of fused-ring (bicyclic) bond motifs is 1. The number of methoxy groups -OCH3 is 1. The molecule has 0 aliphatic carbocycles. The number of halogens is 3. The first kappa shape index (κ1) is 32.7. The van der Waals surface area contributed by atoms with Crippen molar-refractivity contribution < 1.29 is 37.0 Å². The summed E-state index contributed by atoms with van der Waals surface area (Å²) in [6, 6.07) is 6.42. The van der Waals surface area contributed by atoms with E-state index in [0.29, 0.717) is 29.1 Å². The number of carbonyl (C=O) groups excluding carboxylic acids is 2. The van der Waals surface area contributed by atoms with Crippen LogP contribution in [-0.2, 0) is 22.7 Å². The van der Waals surface area contributed by atoms with E-state index in [1.165, 1.54) is 43.6 Å². The summed E-state index contributed by atoms with van der Waals surface area (Å²) in [7, 11) is 1.42. The maximum absolute atomic E-state index is 15.8. The van der Waals surface area contributed by atoms with E-state index in [9.17, 15) is 18.4 Å². The number of hydrogen-bond donors (Lipinski definition) is 0. The van der Waals surface area contributed by atoms with Gasteiger partial charge in [-0.05, 0) is 42.8 Å². The SMILES string of the molecule is CCOc1c(-c2cc(F)cc(F)c2)ccc(C(=O)N(C)Cc2cnc(C(=O)OC)c3cnn(COCC[Si](C)(C)C)c23)c1F. The van der Waals surface area contributed by atoms with Crippen molar-refractivity contribution in [3.8, 4) is 16.9 Å². The van der Waals surface area contributed by atoms with Gasteiger partial charge in [-0.25, -0.2) is 27.6 Å². The number of amides is 1. The lowest BCUT2D eigenvalue weighted by molar-refractivity contribution is 0.0595. The molecule has 0 aliphatic rings. The van der Waals surface area contributed by atoms with Crippen molar-refractivity contribution >= 4 is 30.9 Å². The van der Waals surface area contributed by atoms with Crippen LogP contribution >= 0.6 is 0 Å². The molecule has 0 bridgehead atoms. The molecule has 0 saturated carbocycles. The minimum Gasteiger partial charge on any atom is -0.490 e. The lowest BCUT2D eigenvalue weighted by atomic mass is 10.0. The first-order valence-electron chi connectivity index (χ1n) is 14.0. The third kappa shape index (κ3) is 7.28. The fraction of sp³-hybridized carbons (Fsp3) is 0.355. The third-order valence-corrected chi connectivity index (χ3v) is 8.59. The van der Waals surface area contributed by atoms with Crippen LogP contribution in [0.4, 0.5) is 13.2 Å². The minimum absolute atomic E-state index is 0.0232. The summed E-state index contributed by atoms with van der Waals surface area (Å²) in [6.45, 7) is 9.04. The van der Waals surface area contributed by atoms with Crippen molar-refractivity contribution in [3.05, 3.63) is 77.0 Å². The fourth-order valence-electron chi connectivity index (χ4n) is 4.65. The molecule has 0 fully saturated rings. The highest BCUT2D eigenvalue weighted by Gasteiger charge is 2.25. The molecule has 9 nitrogen and oxygen atoms in total. The molecule has 2 aromatic carbocycles. The molecule has 2 heterocycles. The highest BCUT2D eigenvalue weighted by molar-refractivity contribution is 6.76. The first-order valence-corrected chi connectivity index (χ1v) is 17.7. The van der Waals surface area contributed by atoms with Gasteiger partial charge in [-0.3, -0.25) is 4.79 Å². The highest BCUT2D eigenvalue weighted by Crippen LogP contribution is 2.36. The maximum atomic E-state index is 15.8. The number of ether oxygens (including phenoxy) is 3. The second-order valence-electron chi connectivity index (χ2n) is 11.4. The zero-order chi connectivity index (χ0) is 32.2. The topological polar surface area (TPSA) is 95.8 Å². The van der Waals surface area contributed by atoms with E-state index in [2.05, 4.69) is 29.7 Å². The molecule has 0 N–H and O–H groups in total. The number of esters is 1. The Balaban J connectivity index is 1.67. The van der Waals surface area contributed by atoms with Gasteiger partial charge in [0.25, 0.3) is 5.91 Å². The van der Waals surface area contributed by atoms with E-state index in [1.807, 2.05) is 0 Å². The summed E-state index contributed by atoms with van der Waals surface area (Å²) in [5.41, 5.74) is 0.987. The van der Waals surface area contributed by atoms with Gasteiger partial charge >= 0.3 is 5.97 Å². The van der Waals surface area contributed by atoms with Gasteiger partial charge in [0.1, 0.15) is 18.4 Å². The van der Waals surface area contributed by atoms with E-state index < -0.39 is 37.4 Å². The van der Waals surface area contributed by atoms with Crippen LogP contribution in [0.1, 0.15) is 33.3 Å². The van der Waals surface area contributed by atoms with Crippen molar-refractivity contribution in [2.24, 2.45) is 0 Å². The number of pyridine rings is 1. The molecule has 1 amide bonds. The lowest BCUT2D eigenvalue weighted by Crippen LogP contribution is -2.28. The largest absolute Gasteiger partial charge is 0.490 e. The van der Waals surface area contributed by atoms with Crippen molar-refractivity contribution in [3.63, 3.8) is 0 Å². The van der Waals surface area contributed by atoms with Crippen LogP contribution < -0.4 is 4.74 Å². The molecule has 234 valence electrons. The fourth-order valence-corrected chi connectivity index (χ4v) is 5.41. The van der Waals surface area contributed by atoms with Crippen LogP contribution in [0.5, 0.6) is 5.75 Å². The van der Waals surface area contributed by atoms with Gasteiger partial charge in [-0.15, -0.1) is 0 Å². The number of hydrogen-bond acceptors (Lipinski definition) is 7. The number of benzene rings is 2. The Morgan fingerprint density at radius 3 is 2.39 bits per heavy atom. The van der Waals surface area contributed by atoms with Crippen LogP contribution in [0, 0.1) is 17.5 Å². The summed E-state index contributed by atoms with van der Waals surface area (Å²) < 4.78 is 61.5. The molecule has 4 aromatic rings. The molecule has 44 heavy (non-hydrogen) atoms. The van der Waals surface area contributed by atoms with Gasteiger partial charge in [0.05, 0.1) is 36.4 Å². The maximum Gasteiger partial charge on any atom is 0.357 e. The van der Waals surface area contributed by atoms with Crippen molar-refractivity contribution in [1.82, 2.24) is 19.7 Å². The molecule has 4 rings (SSSR count). The standard InChI is InChI=1S/C31H35F3N4O5Si/c1-7-43-29-23(19-12-21(32)14-22(33)13-19)8-9-24(26(29)34)30(39)37(2)17-20-15-35-27(31(40)41-3)25-16-36-38(28(20)25)18-42-10-11-44(4,5)6/h8-9,12-16H,7,10-11,17-18H2,1-6H3. The average molecular weight is 629 g/mol. The minimum atomic E-state index is -1.32. The van der Waals surface area contributed by atoms with Crippen LogP contribution in [-0.4, -0.2) is 67.0 Å². The van der Waals surface area contributed by atoms with Gasteiger partial charge in [-0.2, -0.15) is 5.10 Å². The molecule has 0 saturated heterocycles. The second-order valence-corrected chi connectivity index (χ2v) is 17.1. The number of rotatable bonds is 12. The predicted octanol–water partition coefficient (Wildman–Crippen LogP) is 6.29. The van der Waals surface area contributed by atoms with Crippen molar-refractivity contribution in [2.45, 2.75) is 45.9 Å². The van der Waals surface area contributed by atoms with E-state index >= 15 is 4.39 Å².